The normalized spacial score (nSPS) is 18.9. The number of halogens is 1. The molecule has 2 rings (SSSR count). The molecule has 0 spiro atoms. The first-order valence-electron chi connectivity index (χ1n) is 6.21. The molecule has 1 heterocycles. The van der Waals surface area contributed by atoms with E-state index in [-0.39, 0.29) is 18.0 Å². The van der Waals surface area contributed by atoms with Crippen LogP contribution in [0, 0.1) is 0 Å². The Hall–Kier alpha value is -1.39. The van der Waals surface area contributed by atoms with Crippen molar-refractivity contribution >= 4 is 23.7 Å². The van der Waals surface area contributed by atoms with Crippen LogP contribution >= 0.6 is 11.6 Å². The molecule has 1 aromatic rings. The van der Waals surface area contributed by atoms with Gasteiger partial charge in [0.05, 0.1) is 18.1 Å². The molecule has 19 heavy (non-hydrogen) atoms. The van der Waals surface area contributed by atoms with Crippen molar-refractivity contribution in [1.29, 1.82) is 0 Å². The van der Waals surface area contributed by atoms with Gasteiger partial charge in [0, 0.05) is 12.0 Å². The van der Waals surface area contributed by atoms with Crippen molar-refractivity contribution in [3.05, 3.63) is 29.3 Å². The summed E-state index contributed by atoms with van der Waals surface area (Å²) >= 11 is 5.49. The maximum atomic E-state index is 11.5. The van der Waals surface area contributed by atoms with Crippen LogP contribution in [0.15, 0.2) is 18.2 Å². The fourth-order valence-corrected chi connectivity index (χ4v) is 2.10. The molecule has 1 aromatic carbocycles. The predicted octanol–water partition coefficient (Wildman–Crippen LogP) is 2.83. The summed E-state index contributed by atoms with van der Waals surface area (Å²) in [5.74, 6) is 0.114. The van der Waals surface area contributed by atoms with E-state index < -0.39 is 0 Å². The minimum Gasteiger partial charge on any atom is -0.464 e. The highest BCUT2D eigenvalue weighted by molar-refractivity contribution is 6.30. The Morgan fingerprint density at radius 3 is 2.95 bits per heavy atom. The van der Waals surface area contributed by atoms with Crippen molar-refractivity contribution in [2.24, 2.45) is 0 Å². The van der Waals surface area contributed by atoms with Crippen LogP contribution in [0.2, 0.25) is 0 Å². The van der Waals surface area contributed by atoms with Gasteiger partial charge < -0.3 is 9.47 Å². The van der Waals surface area contributed by atoms with Crippen molar-refractivity contribution in [1.82, 2.24) is 0 Å². The van der Waals surface area contributed by atoms with E-state index in [0.717, 1.165) is 19.3 Å². The predicted molar refractivity (Wildman–Crippen MR) is 71.1 cm³/mol. The van der Waals surface area contributed by atoms with Crippen LogP contribution in [-0.4, -0.2) is 30.8 Å². The Balaban J connectivity index is 2.15. The van der Waals surface area contributed by atoms with Gasteiger partial charge in [-0.1, -0.05) is 0 Å². The maximum absolute atomic E-state index is 11.5. The number of benzene rings is 1. The highest BCUT2D eigenvalue weighted by Gasteiger charge is 2.17. The van der Waals surface area contributed by atoms with Gasteiger partial charge in [-0.15, -0.1) is 11.6 Å². The van der Waals surface area contributed by atoms with E-state index in [9.17, 15) is 9.59 Å². The van der Waals surface area contributed by atoms with Gasteiger partial charge in [-0.3, -0.25) is 9.59 Å². The zero-order chi connectivity index (χ0) is 13.7. The number of ether oxygens (including phenoxy) is 2. The highest BCUT2D eigenvalue weighted by atomic mass is 35.5. The van der Waals surface area contributed by atoms with Gasteiger partial charge in [0.25, 0.3) is 0 Å². The van der Waals surface area contributed by atoms with Crippen molar-refractivity contribution in [2.45, 2.75) is 25.6 Å². The number of carbonyl (C=O) groups excluding carboxylic acids is 2. The number of ketones is 1. The van der Waals surface area contributed by atoms with Crippen LogP contribution in [0.3, 0.4) is 0 Å². The molecule has 1 aliphatic rings. The highest BCUT2D eigenvalue weighted by Crippen LogP contribution is 2.23. The van der Waals surface area contributed by atoms with Gasteiger partial charge >= 0.3 is 0 Å². The molecular weight excluding hydrogens is 268 g/mol. The van der Waals surface area contributed by atoms with E-state index in [1.165, 1.54) is 6.07 Å². The van der Waals surface area contributed by atoms with E-state index in [2.05, 4.69) is 0 Å². The van der Waals surface area contributed by atoms with Crippen molar-refractivity contribution in [3.63, 3.8) is 0 Å². The maximum Gasteiger partial charge on any atom is 0.199 e. The molecule has 0 aromatic heterocycles. The number of Topliss-reactive ketones (excluding diaryl/α,β-unsaturated/α-hetero) is 1. The zero-order valence-electron chi connectivity index (χ0n) is 10.4. The quantitative estimate of drug-likeness (QED) is 0.473. The second kappa shape index (κ2) is 6.68. The first-order chi connectivity index (χ1) is 9.24. The summed E-state index contributed by atoms with van der Waals surface area (Å²) in [4.78, 5) is 22.5. The van der Waals surface area contributed by atoms with Crippen molar-refractivity contribution in [2.75, 3.05) is 12.5 Å². The lowest BCUT2D eigenvalue weighted by Crippen LogP contribution is -2.25. The van der Waals surface area contributed by atoms with E-state index in [1.807, 2.05) is 0 Å². The summed E-state index contributed by atoms with van der Waals surface area (Å²) in [5.41, 5.74) is 0.749. The zero-order valence-corrected chi connectivity index (χ0v) is 11.2. The molecule has 1 saturated heterocycles. The van der Waals surface area contributed by atoms with Gasteiger partial charge in [0.2, 0.25) is 0 Å². The fraction of sp³-hybridized carbons (Fsp3) is 0.429. The number of hydrogen-bond acceptors (Lipinski definition) is 4. The summed E-state index contributed by atoms with van der Waals surface area (Å²) in [6.07, 6.45) is 3.24. The summed E-state index contributed by atoms with van der Waals surface area (Å²) < 4.78 is 11.1. The van der Waals surface area contributed by atoms with Gasteiger partial charge in [0.15, 0.2) is 18.4 Å². The van der Waals surface area contributed by atoms with E-state index >= 15 is 0 Å². The molecule has 0 saturated carbocycles. The molecule has 0 aliphatic carbocycles. The van der Waals surface area contributed by atoms with Gasteiger partial charge in [-0.05, 0) is 31.0 Å². The number of aldehydes is 1. The summed E-state index contributed by atoms with van der Waals surface area (Å²) in [7, 11) is 0. The van der Waals surface area contributed by atoms with Crippen LogP contribution in [0.5, 0.6) is 5.75 Å². The first-order valence-corrected chi connectivity index (χ1v) is 6.74. The lowest BCUT2D eigenvalue weighted by atomic mass is 10.1. The Kier molecular flexibility index (Phi) is 4.93. The van der Waals surface area contributed by atoms with Crippen LogP contribution in [0.4, 0.5) is 0 Å². The van der Waals surface area contributed by atoms with Gasteiger partial charge in [0.1, 0.15) is 5.75 Å². The third-order valence-corrected chi connectivity index (χ3v) is 3.22. The second-order valence-electron chi connectivity index (χ2n) is 4.34. The number of rotatable bonds is 5. The summed E-state index contributed by atoms with van der Waals surface area (Å²) in [6, 6.07) is 4.72. The minimum atomic E-state index is -0.318. The molecule has 1 fully saturated rings. The molecule has 1 unspecified atom stereocenters. The topological polar surface area (TPSA) is 52.6 Å². The van der Waals surface area contributed by atoms with E-state index in [1.54, 1.807) is 12.1 Å². The molecule has 0 amide bonds. The summed E-state index contributed by atoms with van der Waals surface area (Å²) in [6.45, 7) is 0.671. The van der Waals surface area contributed by atoms with Crippen molar-refractivity contribution < 1.29 is 19.1 Å². The Labute approximate surface area is 116 Å². The molecule has 102 valence electrons. The average molecular weight is 283 g/mol. The molecule has 0 N–H and O–H groups in total. The first kappa shape index (κ1) is 14.0. The SMILES string of the molecule is O=Cc1cc(C(=O)CCl)ccc1OC1CCCCO1. The summed E-state index contributed by atoms with van der Waals surface area (Å²) in [5, 5.41) is 0. The standard InChI is InChI=1S/C14H15ClO4/c15-8-12(17)10-4-5-13(11(7-10)9-16)19-14-3-1-2-6-18-14/h4-5,7,9,14H,1-3,6,8H2. The molecule has 5 heteroatoms. The lowest BCUT2D eigenvalue weighted by Gasteiger charge is -2.24. The second-order valence-corrected chi connectivity index (χ2v) is 4.61. The van der Waals surface area contributed by atoms with E-state index in [4.69, 9.17) is 21.1 Å². The van der Waals surface area contributed by atoms with Gasteiger partial charge in [-0.25, -0.2) is 0 Å². The Bertz CT molecular complexity index is 467. The van der Waals surface area contributed by atoms with E-state index in [0.29, 0.717) is 29.8 Å². The Morgan fingerprint density at radius 2 is 2.32 bits per heavy atom. The minimum absolute atomic E-state index is 0.107. The molecule has 4 nitrogen and oxygen atoms in total. The van der Waals surface area contributed by atoms with Crippen LogP contribution < -0.4 is 4.74 Å². The fourth-order valence-electron chi connectivity index (χ4n) is 1.94. The monoisotopic (exact) mass is 282 g/mol. The van der Waals surface area contributed by atoms with Crippen LogP contribution in [0.25, 0.3) is 0 Å². The molecule has 1 atom stereocenters. The number of carbonyl (C=O) groups is 2. The number of alkyl halides is 1. The van der Waals surface area contributed by atoms with Gasteiger partial charge in [-0.2, -0.15) is 0 Å². The van der Waals surface area contributed by atoms with Crippen LogP contribution in [-0.2, 0) is 4.74 Å². The molecule has 1 aliphatic heterocycles. The third kappa shape index (κ3) is 3.55. The van der Waals surface area contributed by atoms with Crippen LogP contribution in [0.1, 0.15) is 40.0 Å². The van der Waals surface area contributed by atoms with Crippen molar-refractivity contribution in [3.8, 4) is 5.75 Å². The molecule has 0 radical (unpaired) electrons. The Morgan fingerprint density at radius 1 is 1.47 bits per heavy atom. The third-order valence-electron chi connectivity index (χ3n) is 2.98. The molecular formula is C14H15ClO4. The largest absolute Gasteiger partial charge is 0.464 e. The molecule has 0 bridgehead atoms. The lowest BCUT2D eigenvalue weighted by molar-refractivity contribution is -0.106. The number of hydrogen-bond donors (Lipinski definition) is 0. The smallest absolute Gasteiger partial charge is 0.199 e. The average Bonchev–Trinajstić information content (AvgIpc) is 2.48.